The maximum atomic E-state index is 11.6. The van der Waals surface area contributed by atoms with Crippen LogP contribution < -0.4 is 10.1 Å². The van der Waals surface area contributed by atoms with Crippen molar-refractivity contribution in [3.8, 4) is 5.75 Å². The molecule has 7 heteroatoms. The number of aliphatic carboxylic acids is 1. The Morgan fingerprint density at radius 1 is 1.48 bits per heavy atom. The number of pyridine rings is 1. The SMILES string of the molecule is COCC(C)NC(=O)COc1ccc(C=CC(=O)O)nc1. The van der Waals surface area contributed by atoms with Crippen LogP contribution in [-0.4, -0.2) is 48.3 Å². The van der Waals surface area contributed by atoms with Gasteiger partial charge in [0.05, 0.1) is 18.5 Å². The molecular formula is C14H18N2O5. The minimum Gasteiger partial charge on any atom is -0.482 e. The molecule has 0 bridgehead atoms. The smallest absolute Gasteiger partial charge is 0.328 e. The van der Waals surface area contributed by atoms with Crippen LogP contribution in [0.1, 0.15) is 12.6 Å². The van der Waals surface area contributed by atoms with E-state index in [0.717, 1.165) is 6.08 Å². The number of amides is 1. The van der Waals surface area contributed by atoms with E-state index >= 15 is 0 Å². The van der Waals surface area contributed by atoms with Crippen LogP contribution in [0.25, 0.3) is 6.08 Å². The van der Waals surface area contributed by atoms with Crippen molar-refractivity contribution >= 4 is 18.0 Å². The zero-order valence-electron chi connectivity index (χ0n) is 11.9. The highest BCUT2D eigenvalue weighted by molar-refractivity contribution is 5.84. The topological polar surface area (TPSA) is 97.8 Å². The summed E-state index contributed by atoms with van der Waals surface area (Å²) in [4.78, 5) is 25.9. The third-order valence-electron chi connectivity index (χ3n) is 2.35. The molecule has 1 aromatic rings. The molecule has 1 aromatic heterocycles. The third kappa shape index (κ3) is 7.07. The average Bonchev–Trinajstić information content (AvgIpc) is 2.44. The van der Waals surface area contributed by atoms with Gasteiger partial charge >= 0.3 is 5.97 Å². The maximum absolute atomic E-state index is 11.6. The molecule has 0 aliphatic carbocycles. The van der Waals surface area contributed by atoms with Gasteiger partial charge in [0.1, 0.15) is 5.75 Å². The number of hydrogen-bond acceptors (Lipinski definition) is 5. The van der Waals surface area contributed by atoms with E-state index in [-0.39, 0.29) is 18.6 Å². The van der Waals surface area contributed by atoms with E-state index in [4.69, 9.17) is 14.6 Å². The molecule has 1 amide bonds. The number of ether oxygens (including phenoxy) is 2. The Morgan fingerprint density at radius 3 is 2.81 bits per heavy atom. The van der Waals surface area contributed by atoms with Crippen molar-refractivity contribution in [2.75, 3.05) is 20.3 Å². The largest absolute Gasteiger partial charge is 0.482 e. The summed E-state index contributed by atoms with van der Waals surface area (Å²) in [6.45, 7) is 2.13. The first-order valence-electron chi connectivity index (χ1n) is 6.29. The van der Waals surface area contributed by atoms with Gasteiger partial charge in [0.25, 0.3) is 5.91 Å². The first-order chi connectivity index (χ1) is 10.0. The highest BCUT2D eigenvalue weighted by Crippen LogP contribution is 2.09. The predicted molar refractivity (Wildman–Crippen MR) is 75.9 cm³/mol. The molecule has 21 heavy (non-hydrogen) atoms. The first kappa shape index (κ1) is 16.6. The molecule has 0 radical (unpaired) electrons. The maximum Gasteiger partial charge on any atom is 0.328 e. The van der Waals surface area contributed by atoms with Crippen molar-refractivity contribution in [1.82, 2.24) is 10.3 Å². The summed E-state index contributed by atoms with van der Waals surface area (Å²) in [7, 11) is 1.56. The number of carbonyl (C=O) groups excluding carboxylic acids is 1. The van der Waals surface area contributed by atoms with E-state index in [9.17, 15) is 9.59 Å². The van der Waals surface area contributed by atoms with Crippen LogP contribution in [0.5, 0.6) is 5.75 Å². The van der Waals surface area contributed by atoms with Gasteiger partial charge in [-0.25, -0.2) is 4.79 Å². The second kappa shape index (κ2) is 8.70. The highest BCUT2D eigenvalue weighted by Gasteiger charge is 2.07. The molecule has 0 spiro atoms. The van der Waals surface area contributed by atoms with Crippen LogP contribution in [0.2, 0.25) is 0 Å². The molecule has 0 saturated heterocycles. The van der Waals surface area contributed by atoms with Gasteiger partial charge in [0.15, 0.2) is 6.61 Å². The minimum absolute atomic E-state index is 0.0900. The van der Waals surface area contributed by atoms with E-state index in [1.807, 2.05) is 6.92 Å². The van der Waals surface area contributed by atoms with Gasteiger partial charge in [-0.3, -0.25) is 9.78 Å². The fraction of sp³-hybridized carbons (Fsp3) is 0.357. The van der Waals surface area contributed by atoms with Gasteiger partial charge in [0, 0.05) is 19.2 Å². The number of carbonyl (C=O) groups is 2. The van der Waals surface area contributed by atoms with Crippen molar-refractivity contribution in [3.63, 3.8) is 0 Å². The number of methoxy groups -OCH3 is 1. The molecular weight excluding hydrogens is 276 g/mol. The van der Waals surface area contributed by atoms with Crippen molar-refractivity contribution in [3.05, 3.63) is 30.1 Å². The van der Waals surface area contributed by atoms with Gasteiger partial charge in [-0.15, -0.1) is 0 Å². The third-order valence-corrected chi connectivity index (χ3v) is 2.35. The zero-order valence-corrected chi connectivity index (χ0v) is 11.9. The molecule has 0 saturated carbocycles. The lowest BCUT2D eigenvalue weighted by Gasteiger charge is -2.13. The summed E-state index contributed by atoms with van der Waals surface area (Å²) >= 11 is 0. The molecule has 0 aromatic carbocycles. The summed E-state index contributed by atoms with van der Waals surface area (Å²) in [5.74, 6) is -0.870. The fourth-order valence-corrected chi connectivity index (χ4v) is 1.49. The molecule has 2 N–H and O–H groups in total. The number of rotatable bonds is 8. The molecule has 1 unspecified atom stereocenters. The van der Waals surface area contributed by atoms with Gasteiger partial charge in [-0.2, -0.15) is 0 Å². The Bertz CT molecular complexity index is 499. The molecule has 1 rings (SSSR count). The Hall–Kier alpha value is -2.41. The molecule has 0 fully saturated rings. The second-order valence-electron chi connectivity index (χ2n) is 4.30. The number of nitrogens with one attached hydrogen (secondary N) is 1. The lowest BCUT2D eigenvalue weighted by molar-refractivity contribution is -0.131. The summed E-state index contributed by atoms with van der Waals surface area (Å²) in [6, 6.07) is 3.12. The fourth-order valence-electron chi connectivity index (χ4n) is 1.49. The highest BCUT2D eigenvalue weighted by atomic mass is 16.5. The second-order valence-corrected chi connectivity index (χ2v) is 4.30. The van der Waals surface area contributed by atoms with Gasteiger partial charge in [-0.05, 0) is 25.1 Å². The van der Waals surface area contributed by atoms with Crippen LogP contribution in [0.15, 0.2) is 24.4 Å². The number of carboxylic acids is 1. The predicted octanol–water partition coefficient (Wildman–Crippen LogP) is 0.709. The molecule has 7 nitrogen and oxygen atoms in total. The first-order valence-corrected chi connectivity index (χ1v) is 6.29. The van der Waals surface area contributed by atoms with Crippen molar-refractivity contribution in [2.45, 2.75) is 13.0 Å². The van der Waals surface area contributed by atoms with Crippen LogP contribution >= 0.6 is 0 Å². The van der Waals surface area contributed by atoms with E-state index in [1.54, 1.807) is 19.2 Å². The lowest BCUT2D eigenvalue weighted by atomic mass is 10.3. The van der Waals surface area contributed by atoms with E-state index in [2.05, 4.69) is 10.3 Å². The summed E-state index contributed by atoms with van der Waals surface area (Å²) in [5.41, 5.74) is 0.489. The Kier molecular flexibility index (Phi) is 6.90. The summed E-state index contributed by atoms with van der Waals surface area (Å²) in [6.07, 6.45) is 3.78. The molecule has 1 heterocycles. The van der Waals surface area contributed by atoms with Gasteiger partial charge < -0.3 is 19.9 Å². The van der Waals surface area contributed by atoms with E-state index in [1.165, 1.54) is 12.3 Å². The molecule has 0 aliphatic heterocycles. The monoisotopic (exact) mass is 294 g/mol. The van der Waals surface area contributed by atoms with Crippen LogP contribution in [0.4, 0.5) is 0 Å². The lowest BCUT2D eigenvalue weighted by Crippen LogP contribution is -2.38. The normalized spacial score (nSPS) is 12.1. The van der Waals surface area contributed by atoms with Crippen molar-refractivity contribution < 1.29 is 24.2 Å². The average molecular weight is 294 g/mol. The Morgan fingerprint density at radius 2 is 2.24 bits per heavy atom. The summed E-state index contributed by atoms with van der Waals surface area (Å²) < 4.78 is 10.2. The van der Waals surface area contributed by atoms with Crippen LogP contribution in [0, 0.1) is 0 Å². The van der Waals surface area contributed by atoms with E-state index in [0.29, 0.717) is 18.1 Å². The van der Waals surface area contributed by atoms with Crippen LogP contribution in [0.3, 0.4) is 0 Å². The quantitative estimate of drug-likeness (QED) is 0.685. The molecule has 1 atom stereocenters. The van der Waals surface area contributed by atoms with Gasteiger partial charge in [0.2, 0.25) is 0 Å². The molecule has 0 aliphatic rings. The standard InChI is InChI=1S/C14H18N2O5/c1-10(8-20-2)16-13(17)9-21-12-5-3-11(15-7-12)4-6-14(18)19/h3-7,10H,8-9H2,1-2H3,(H,16,17)(H,18,19). The molecule has 114 valence electrons. The van der Waals surface area contributed by atoms with Crippen LogP contribution in [-0.2, 0) is 14.3 Å². The Labute approximate surface area is 122 Å². The van der Waals surface area contributed by atoms with Crippen molar-refractivity contribution in [2.24, 2.45) is 0 Å². The number of hydrogen-bond donors (Lipinski definition) is 2. The number of aromatic nitrogens is 1. The Balaban J connectivity index is 2.42. The van der Waals surface area contributed by atoms with Crippen molar-refractivity contribution in [1.29, 1.82) is 0 Å². The zero-order chi connectivity index (χ0) is 15.7. The number of carboxylic acid groups (broad SMARTS) is 1. The number of nitrogens with zero attached hydrogens (tertiary/aromatic N) is 1. The van der Waals surface area contributed by atoms with E-state index < -0.39 is 5.97 Å². The summed E-state index contributed by atoms with van der Waals surface area (Å²) in [5, 5.41) is 11.2. The minimum atomic E-state index is -1.04. The van der Waals surface area contributed by atoms with Gasteiger partial charge in [-0.1, -0.05) is 0 Å².